The molecular weight excluding hydrogens is 200 g/mol. The highest BCUT2D eigenvalue weighted by Gasteiger charge is 2.29. The summed E-state index contributed by atoms with van der Waals surface area (Å²) in [5, 5.41) is 0. The van der Waals surface area contributed by atoms with Crippen molar-refractivity contribution in [3.05, 3.63) is 35.4 Å². The van der Waals surface area contributed by atoms with E-state index >= 15 is 0 Å². The van der Waals surface area contributed by atoms with Gasteiger partial charge in [-0.1, -0.05) is 30.2 Å². The molecule has 0 amide bonds. The second-order valence-electron chi connectivity index (χ2n) is 4.50. The SMILES string of the molecule is Cc1cccc(C(=O)C2CCCCC2=O)c1. The summed E-state index contributed by atoms with van der Waals surface area (Å²) in [4.78, 5) is 23.8. The van der Waals surface area contributed by atoms with Gasteiger partial charge in [0.15, 0.2) is 5.78 Å². The van der Waals surface area contributed by atoms with Crippen molar-refractivity contribution in [2.75, 3.05) is 0 Å². The van der Waals surface area contributed by atoms with Gasteiger partial charge in [-0.3, -0.25) is 9.59 Å². The third kappa shape index (κ3) is 2.21. The van der Waals surface area contributed by atoms with Gasteiger partial charge in [-0.15, -0.1) is 0 Å². The Balaban J connectivity index is 2.21. The maximum absolute atomic E-state index is 12.1. The van der Waals surface area contributed by atoms with Crippen molar-refractivity contribution in [3.63, 3.8) is 0 Å². The van der Waals surface area contributed by atoms with Crippen LogP contribution < -0.4 is 0 Å². The predicted molar refractivity (Wildman–Crippen MR) is 62.5 cm³/mol. The number of aryl methyl sites for hydroxylation is 1. The van der Waals surface area contributed by atoms with Crippen LogP contribution in [0.5, 0.6) is 0 Å². The molecule has 16 heavy (non-hydrogen) atoms. The maximum Gasteiger partial charge on any atom is 0.173 e. The average molecular weight is 216 g/mol. The van der Waals surface area contributed by atoms with E-state index in [1.807, 2.05) is 25.1 Å². The van der Waals surface area contributed by atoms with Crippen LogP contribution in [0.4, 0.5) is 0 Å². The summed E-state index contributed by atoms with van der Waals surface area (Å²) in [6.45, 7) is 1.96. The molecule has 1 aromatic carbocycles. The fourth-order valence-electron chi connectivity index (χ4n) is 2.26. The van der Waals surface area contributed by atoms with Crippen molar-refractivity contribution in [3.8, 4) is 0 Å². The van der Waals surface area contributed by atoms with Crippen molar-refractivity contribution in [2.45, 2.75) is 32.6 Å². The van der Waals surface area contributed by atoms with E-state index in [9.17, 15) is 9.59 Å². The van der Waals surface area contributed by atoms with Gasteiger partial charge in [0.05, 0.1) is 5.92 Å². The summed E-state index contributed by atoms with van der Waals surface area (Å²) in [7, 11) is 0. The van der Waals surface area contributed by atoms with Gasteiger partial charge >= 0.3 is 0 Å². The lowest BCUT2D eigenvalue weighted by Crippen LogP contribution is -2.27. The third-order valence-corrected chi connectivity index (χ3v) is 3.17. The minimum Gasteiger partial charge on any atom is -0.299 e. The molecule has 1 fully saturated rings. The Hall–Kier alpha value is -1.44. The van der Waals surface area contributed by atoms with E-state index in [0.717, 1.165) is 24.8 Å². The molecule has 0 bridgehead atoms. The highest BCUT2D eigenvalue weighted by atomic mass is 16.1. The summed E-state index contributed by atoms with van der Waals surface area (Å²) >= 11 is 0. The largest absolute Gasteiger partial charge is 0.299 e. The standard InChI is InChI=1S/C14H16O2/c1-10-5-4-6-11(9-10)14(16)12-7-2-3-8-13(12)15/h4-6,9,12H,2-3,7-8H2,1H3. The molecule has 2 heteroatoms. The van der Waals surface area contributed by atoms with Crippen molar-refractivity contribution in [2.24, 2.45) is 5.92 Å². The molecule has 0 spiro atoms. The van der Waals surface area contributed by atoms with E-state index in [-0.39, 0.29) is 17.5 Å². The lowest BCUT2D eigenvalue weighted by Gasteiger charge is -2.19. The quantitative estimate of drug-likeness (QED) is 0.562. The molecule has 1 aliphatic rings. The third-order valence-electron chi connectivity index (χ3n) is 3.17. The topological polar surface area (TPSA) is 34.1 Å². The fourth-order valence-corrected chi connectivity index (χ4v) is 2.26. The zero-order valence-electron chi connectivity index (χ0n) is 9.53. The Bertz CT molecular complexity index is 420. The Morgan fingerprint density at radius 1 is 1.31 bits per heavy atom. The highest BCUT2D eigenvalue weighted by Crippen LogP contribution is 2.24. The number of ketones is 2. The van der Waals surface area contributed by atoms with Gasteiger partial charge in [-0.25, -0.2) is 0 Å². The lowest BCUT2D eigenvalue weighted by atomic mass is 9.82. The number of benzene rings is 1. The molecule has 2 nitrogen and oxygen atoms in total. The lowest BCUT2D eigenvalue weighted by molar-refractivity contribution is -0.122. The van der Waals surface area contributed by atoms with Crippen molar-refractivity contribution in [1.82, 2.24) is 0 Å². The van der Waals surface area contributed by atoms with Gasteiger partial charge in [0.1, 0.15) is 5.78 Å². The number of rotatable bonds is 2. The molecule has 2 rings (SSSR count). The summed E-state index contributed by atoms with van der Waals surface area (Å²) in [6.07, 6.45) is 3.23. The minimum absolute atomic E-state index is 0.00778. The Labute approximate surface area is 95.7 Å². The molecule has 1 aromatic rings. The summed E-state index contributed by atoms with van der Waals surface area (Å²) in [5.74, 6) is -0.248. The summed E-state index contributed by atoms with van der Waals surface area (Å²) < 4.78 is 0. The van der Waals surface area contributed by atoms with Crippen LogP contribution in [-0.2, 0) is 4.79 Å². The summed E-state index contributed by atoms with van der Waals surface area (Å²) in [5.41, 5.74) is 1.74. The molecule has 0 aliphatic heterocycles. The molecule has 1 saturated carbocycles. The summed E-state index contributed by atoms with van der Waals surface area (Å²) in [6, 6.07) is 7.50. The van der Waals surface area contributed by atoms with Crippen LogP contribution in [-0.4, -0.2) is 11.6 Å². The first-order valence-electron chi connectivity index (χ1n) is 5.82. The molecule has 0 heterocycles. The second kappa shape index (κ2) is 4.60. The van der Waals surface area contributed by atoms with Crippen LogP contribution in [0.25, 0.3) is 0 Å². The van der Waals surface area contributed by atoms with Gasteiger partial charge in [0.25, 0.3) is 0 Å². The van der Waals surface area contributed by atoms with Crippen LogP contribution >= 0.6 is 0 Å². The van der Waals surface area contributed by atoms with Crippen molar-refractivity contribution >= 4 is 11.6 Å². The maximum atomic E-state index is 12.1. The number of carbonyl (C=O) groups is 2. The van der Waals surface area contributed by atoms with Crippen LogP contribution in [0.15, 0.2) is 24.3 Å². The highest BCUT2D eigenvalue weighted by molar-refractivity contribution is 6.10. The molecule has 0 radical (unpaired) electrons. The van der Waals surface area contributed by atoms with Crippen LogP contribution in [0.2, 0.25) is 0 Å². The second-order valence-corrected chi connectivity index (χ2v) is 4.50. The van der Waals surface area contributed by atoms with E-state index in [2.05, 4.69) is 0 Å². The number of hydrogen-bond acceptors (Lipinski definition) is 2. The van der Waals surface area contributed by atoms with Gasteiger partial charge in [0, 0.05) is 12.0 Å². The normalized spacial score (nSPS) is 20.8. The van der Waals surface area contributed by atoms with Crippen molar-refractivity contribution < 1.29 is 9.59 Å². The van der Waals surface area contributed by atoms with E-state index in [0.29, 0.717) is 12.0 Å². The van der Waals surface area contributed by atoms with Crippen LogP contribution in [0.1, 0.15) is 41.6 Å². The van der Waals surface area contributed by atoms with Gasteiger partial charge in [0.2, 0.25) is 0 Å². The first-order valence-corrected chi connectivity index (χ1v) is 5.82. The van der Waals surface area contributed by atoms with Crippen LogP contribution in [0.3, 0.4) is 0 Å². The zero-order chi connectivity index (χ0) is 11.5. The van der Waals surface area contributed by atoms with Crippen LogP contribution in [0, 0.1) is 12.8 Å². The first-order chi connectivity index (χ1) is 7.68. The molecule has 1 atom stereocenters. The Kier molecular flexibility index (Phi) is 3.18. The molecular formula is C14H16O2. The predicted octanol–water partition coefficient (Wildman–Crippen LogP) is 2.94. The van der Waals surface area contributed by atoms with Gasteiger partial charge in [-0.2, -0.15) is 0 Å². The fraction of sp³-hybridized carbons (Fsp3) is 0.429. The Morgan fingerprint density at radius 2 is 2.12 bits per heavy atom. The monoisotopic (exact) mass is 216 g/mol. The molecule has 0 aromatic heterocycles. The van der Waals surface area contributed by atoms with E-state index < -0.39 is 0 Å². The number of Topliss-reactive ketones (excluding diaryl/α,β-unsaturated/α-hetero) is 2. The van der Waals surface area contributed by atoms with Crippen molar-refractivity contribution in [1.29, 1.82) is 0 Å². The Morgan fingerprint density at radius 3 is 2.81 bits per heavy atom. The smallest absolute Gasteiger partial charge is 0.173 e. The molecule has 0 saturated heterocycles. The van der Waals surface area contributed by atoms with Gasteiger partial charge in [-0.05, 0) is 25.8 Å². The minimum atomic E-state index is -0.379. The average Bonchev–Trinajstić information content (AvgIpc) is 2.29. The molecule has 1 aliphatic carbocycles. The molecule has 1 unspecified atom stereocenters. The van der Waals surface area contributed by atoms with E-state index in [1.54, 1.807) is 6.07 Å². The van der Waals surface area contributed by atoms with E-state index in [1.165, 1.54) is 0 Å². The zero-order valence-corrected chi connectivity index (χ0v) is 9.53. The first kappa shape index (κ1) is 11.1. The number of hydrogen-bond donors (Lipinski definition) is 0. The van der Waals surface area contributed by atoms with Gasteiger partial charge < -0.3 is 0 Å². The molecule has 84 valence electrons. The van der Waals surface area contributed by atoms with E-state index in [4.69, 9.17) is 0 Å². The molecule has 0 N–H and O–H groups in total. The number of carbonyl (C=O) groups excluding carboxylic acids is 2.